The second kappa shape index (κ2) is 13.1. The predicted molar refractivity (Wildman–Crippen MR) is 227 cm³/mol. The Labute approximate surface area is 324 Å². The Morgan fingerprint density at radius 3 is 1.89 bits per heavy atom. The van der Waals surface area contributed by atoms with Gasteiger partial charge in [-0.2, -0.15) is 0 Å². The summed E-state index contributed by atoms with van der Waals surface area (Å²) in [6.45, 7) is 0. The van der Waals surface area contributed by atoms with Gasteiger partial charge < -0.3 is 4.90 Å². The van der Waals surface area contributed by atoms with Gasteiger partial charge in [-0.1, -0.05) is 140 Å². The van der Waals surface area contributed by atoms with Gasteiger partial charge in [-0.15, -0.1) is 0 Å². The Kier molecular flexibility index (Phi) is 7.52. The molecule has 6 nitrogen and oxygen atoms in total. The zero-order chi connectivity index (χ0) is 37.0. The van der Waals surface area contributed by atoms with Crippen LogP contribution in [0.2, 0.25) is 0 Å². The van der Waals surface area contributed by atoms with Gasteiger partial charge in [0.2, 0.25) is 0 Å². The van der Waals surface area contributed by atoms with Gasteiger partial charge in [-0.25, -0.2) is 19.9 Å². The standard InChI is InChI=1S/C50H34N6/c1-3-14-33(15-4-1)48-52-49(34-16-5-2-6-17-34)54-50(53-48)37-19-13-18-35(30-37)36-25-27-41-39-20-7-9-22-43(39)55(46(41)31-36)38-26-28-45-42(32-38)40-21-8-10-23-44(40)56(45)47-24-11-12-29-51-47/h1-32,41,46H. The first kappa shape index (κ1) is 32.0. The molecular weight excluding hydrogens is 685 g/mol. The molecule has 0 spiro atoms. The fourth-order valence-electron chi connectivity index (χ4n) is 8.46. The van der Waals surface area contributed by atoms with Gasteiger partial charge in [-0.05, 0) is 65.2 Å². The van der Waals surface area contributed by atoms with Gasteiger partial charge in [0.25, 0.3) is 0 Å². The van der Waals surface area contributed by atoms with Crippen LogP contribution in [0.25, 0.3) is 67.4 Å². The molecule has 56 heavy (non-hydrogen) atoms. The third kappa shape index (κ3) is 5.34. The van der Waals surface area contributed by atoms with Crippen LogP contribution in [0.5, 0.6) is 0 Å². The van der Waals surface area contributed by atoms with Crippen molar-refractivity contribution in [3.05, 3.63) is 205 Å². The van der Waals surface area contributed by atoms with E-state index >= 15 is 0 Å². The predicted octanol–water partition coefficient (Wildman–Crippen LogP) is 11.6. The first-order valence-corrected chi connectivity index (χ1v) is 19.0. The lowest BCUT2D eigenvalue weighted by Gasteiger charge is -2.30. The van der Waals surface area contributed by atoms with Crippen LogP contribution < -0.4 is 4.90 Å². The SMILES string of the molecule is C1=CC2c3ccccc3N(c3ccc4c(c3)c3ccccc3n4-c3ccccn3)C2C=C1c1cccc(-c2nc(-c3ccccc3)nc(-c3ccccc3)n2)c1. The van der Waals surface area contributed by atoms with Crippen molar-refractivity contribution in [2.24, 2.45) is 0 Å². The molecule has 1 aliphatic heterocycles. The topological polar surface area (TPSA) is 59.7 Å². The van der Waals surface area contributed by atoms with E-state index in [-0.39, 0.29) is 12.0 Å². The average Bonchev–Trinajstić information content (AvgIpc) is 3.79. The van der Waals surface area contributed by atoms with E-state index in [1.54, 1.807) is 0 Å². The first-order chi connectivity index (χ1) is 27.8. The van der Waals surface area contributed by atoms with Crippen molar-refractivity contribution in [1.82, 2.24) is 24.5 Å². The van der Waals surface area contributed by atoms with Crippen molar-refractivity contribution >= 4 is 38.8 Å². The van der Waals surface area contributed by atoms with Gasteiger partial charge in [0.05, 0.1) is 17.1 Å². The van der Waals surface area contributed by atoms with E-state index in [1.165, 1.54) is 27.6 Å². The molecule has 0 radical (unpaired) electrons. The van der Waals surface area contributed by atoms with E-state index in [0.29, 0.717) is 17.5 Å². The molecule has 4 heterocycles. The molecule has 2 atom stereocenters. The monoisotopic (exact) mass is 718 g/mol. The maximum absolute atomic E-state index is 5.01. The van der Waals surface area contributed by atoms with Gasteiger partial charge in [0.1, 0.15) is 5.82 Å². The molecule has 0 fully saturated rings. The van der Waals surface area contributed by atoms with Crippen LogP contribution in [0.4, 0.5) is 11.4 Å². The summed E-state index contributed by atoms with van der Waals surface area (Å²) >= 11 is 0. The van der Waals surface area contributed by atoms with Crippen LogP contribution in [0.3, 0.4) is 0 Å². The van der Waals surface area contributed by atoms with E-state index in [1.807, 2.05) is 79.0 Å². The number of aromatic nitrogens is 5. The zero-order valence-electron chi connectivity index (χ0n) is 30.3. The highest BCUT2D eigenvalue weighted by atomic mass is 15.2. The molecule has 2 unspecified atom stereocenters. The minimum absolute atomic E-state index is 0.0872. The molecule has 0 amide bonds. The Bertz CT molecular complexity index is 2930. The van der Waals surface area contributed by atoms with Crippen LogP contribution in [-0.4, -0.2) is 30.5 Å². The number of pyridine rings is 1. The first-order valence-electron chi connectivity index (χ1n) is 19.0. The summed E-state index contributed by atoms with van der Waals surface area (Å²) < 4.78 is 2.27. The van der Waals surface area contributed by atoms with Crippen LogP contribution in [-0.2, 0) is 0 Å². The van der Waals surface area contributed by atoms with E-state index in [2.05, 4.69) is 125 Å². The Morgan fingerprint density at radius 1 is 0.482 bits per heavy atom. The summed E-state index contributed by atoms with van der Waals surface area (Å²) in [6.07, 6.45) is 8.95. The molecule has 11 rings (SSSR count). The molecule has 0 saturated carbocycles. The number of benzene rings is 6. The van der Waals surface area contributed by atoms with Crippen molar-refractivity contribution in [1.29, 1.82) is 0 Å². The Hall–Kier alpha value is -7.44. The largest absolute Gasteiger partial charge is 0.333 e. The van der Waals surface area contributed by atoms with Gasteiger partial charge in [0, 0.05) is 51.0 Å². The highest BCUT2D eigenvalue weighted by Gasteiger charge is 2.38. The van der Waals surface area contributed by atoms with E-state index in [0.717, 1.165) is 44.8 Å². The number of rotatable bonds is 6. The number of hydrogen-bond donors (Lipinski definition) is 0. The van der Waals surface area contributed by atoms with Crippen molar-refractivity contribution in [3.63, 3.8) is 0 Å². The molecular formula is C50H34N6. The molecule has 3 aromatic heterocycles. The molecule has 6 heteroatoms. The summed E-state index contributed by atoms with van der Waals surface area (Å²) in [5, 5.41) is 2.41. The van der Waals surface area contributed by atoms with Crippen molar-refractivity contribution < 1.29 is 0 Å². The number of nitrogens with zero attached hydrogens (tertiary/aromatic N) is 6. The Morgan fingerprint density at radius 2 is 1.12 bits per heavy atom. The Balaban J connectivity index is 1.01. The highest BCUT2D eigenvalue weighted by Crippen LogP contribution is 2.50. The number of allylic oxidation sites excluding steroid dienone is 2. The fraction of sp³-hybridized carbons (Fsp3) is 0.0400. The minimum atomic E-state index is 0.0872. The quantitative estimate of drug-likeness (QED) is 0.171. The lowest BCUT2D eigenvalue weighted by atomic mass is 9.86. The zero-order valence-corrected chi connectivity index (χ0v) is 30.3. The summed E-state index contributed by atoms with van der Waals surface area (Å²) in [6, 6.07) is 59.3. The van der Waals surface area contributed by atoms with E-state index in [4.69, 9.17) is 19.9 Å². The van der Waals surface area contributed by atoms with Gasteiger partial charge in [0.15, 0.2) is 17.5 Å². The molecule has 2 aliphatic rings. The van der Waals surface area contributed by atoms with E-state index in [9.17, 15) is 0 Å². The average molecular weight is 719 g/mol. The maximum Gasteiger partial charge on any atom is 0.164 e. The summed E-state index contributed by atoms with van der Waals surface area (Å²) in [4.78, 5) is 22.2. The van der Waals surface area contributed by atoms with Crippen molar-refractivity contribution in [2.45, 2.75) is 12.0 Å². The molecule has 6 aromatic carbocycles. The number of fused-ring (bicyclic) bond motifs is 6. The molecule has 1 aliphatic carbocycles. The van der Waals surface area contributed by atoms with Gasteiger partial charge >= 0.3 is 0 Å². The van der Waals surface area contributed by atoms with Crippen LogP contribution in [0.15, 0.2) is 194 Å². The van der Waals surface area contributed by atoms with Crippen LogP contribution in [0, 0.1) is 0 Å². The molecule has 0 bridgehead atoms. The number of anilines is 2. The maximum atomic E-state index is 5.01. The fourth-order valence-corrected chi connectivity index (χ4v) is 8.46. The van der Waals surface area contributed by atoms with Crippen molar-refractivity contribution in [2.75, 3.05) is 4.90 Å². The summed E-state index contributed by atoms with van der Waals surface area (Å²) in [5.41, 5.74) is 11.1. The molecule has 0 N–H and O–H groups in total. The third-order valence-corrected chi connectivity index (χ3v) is 11.0. The van der Waals surface area contributed by atoms with Gasteiger partial charge in [-0.3, -0.25) is 4.57 Å². The minimum Gasteiger partial charge on any atom is -0.333 e. The second-order valence-electron chi connectivity index (χ2n) is 14.3. The van der Waals surface area contributed by atoms with Crippen LogP contribution in [0.1, 0.15) is 17.0 Å². The molecule has 264 valence electrons. The summed E-state index contributed by atoms with van der Waals surface area (Å²) in [5.74, 6) is 3.08. The van der Waals surface area contributed by atoms with Crippen LogP contribution >= 0.6 is 0 Å². The second-order valence-corrected chi connectivity index (χ2v) is 14.3. The lowest BCUT2D eigenvalue weighted by molar-refractivity contribution is 0.747. The number of hydrogen-bond acceptors (Lipinski definition) is 5. The van der Waals surface area contributed by atoms with E-state index < -0.39 is 0 Å². The van der Waals surface area contributed by atoms with Crippen molar-refractivity contribution in [3.8, 4) is 40.0 Å². The lowest BCUT2D eigenvalue weighted by Crippen LogP contribution is -2.29. The normalized spacial score (nSPS) is 15.9. The smallest absolute Gasteiger partial charge is 0.164 e. The molecule has 0 saturated heterocycles. The number of para-hydroxylation sites is 2. The summed E-state index contributed by atoms with van der Waals surface area (Å²) in [7, 11) is 0. The highest BCUT2D eigenvalue weighted by molar-refractivity contribution is 6.10. The third-order valence-electron chi connectivity index (χ3n) is 11.0. The molecule has 9 aromatic rings.